The third-order valence-corrected chi connectivity index (χ3v) is 5.34. The summed E-state index contributed by atoms with van der Waals surface area (Å²) < 4.78 is 0. The van der Waals surface area contributed by atoms with Crippen LogP contribution in [0.25, 0.3) is 11.4 Å². The number of imidazole rings is 1. The van der Waals surface area contributed by atoms with Crippen molar-refractivity contribution in [3.63, 3.8) is 0 Å². The molecule has 0 unspecified atom stereocenters. The van der Waals surface area contributed by atoms with E-state index in [9.17, 15) is 4.79 Å². The standard InChI is InChI=1S/C18H21ClN4O/c19-13-4-1-11(2-5-13)17-21-15-7-8-23(10-16(15)22-17)18(24)12-3-6-14(20)9-12/h1-2,4-5,12,14H,3,6-10,20H2,(H,21,22)/t12-,14+/m0/s1. The molecule has 1 aromatic heterocycles. The monoisotopic (exact) mass is 344 g/mol. The second-order valence-corrected chi connectivity index (χ2v) is 7.23. The lowest BCUT2D eigenvalue weighted by atomic mass is 10.0. The molecule has 0 radical (unpaired) electrons. The van der Waals surface area contributed by atoms with E-state index in [1.165, 1.54) is 0 Å². The van der Waals surface area contributed by atoms with Gasteiger partial charge in [0.25, 0.3) is 0 Å². The second-order valence-electron chi connectivity index (χ2n) is 6.80. The number of benzene rings is 1. The van der Waals surface area contributed by atoms with Crippen molar-refractivity contribution in [1.29, 1.82) is 0 Å². The van der Waals surface area contributed by atoms with Gasteiger partial charge in [0.1, 0.15) is 5.82 Å². The lowest BCUT2D eigenvalue weighted by molar-refractivity contribution is -0.136. The number of halogens is 1. The lowest BCUT2D eigenvalue weighted by Gasteiger charge is -2.28. The highest BCUT2D eigenvalue weighted by Crippen LogP contribution is 2.29. The van der Waals surface area contributed by atoms with Gasteiger partial charge in [-0.05, 0) is 43.5 Å². The maximum Gasteiger partial charge on any atom is 0.226 e. The number of hydrogen-bond donors (Lipinski definition) is 2. The Balaban J connectivity index is 1.51. The van der Waals surface area contributed by atoms with Crippen LogP contribution in [0.3, 0.4) is 0 Å². The van der Waals surface area contributed by atoms with E-state index in [1.54, 1.807) is 0 Å². The van der Waals surface area contributed by atoms with Crippen LogP contribution in [0.15, 0.2) is 24.3 Å². The number of nitrogens with two attached hydrogens (primary N) is 1. The third-order valence-electron chi connectivity index (χ3n) is 5.08. The van der Waals surface area contributed by atoms with Gasteiger partial charge >= 0.3 is 0 Å². The molecular weight excluding hydrogens is 324 g/mol. The van der Waals surface area contributed by atoms with Crippen molar-refractivity contribution >= 4 is 17.5 Å². The third kappa shape index (κ3) is 2.94. The molecule has 6 heteroatoms. The lowest BCUT2D eigenvalue weighted by Crippen LogP contribution is -2.39. The number of nitrogens with one attached hydrogen (secondary N) is 1. The van der Waals surface area contributed by atoms with Crippen LogP contribution in [0.4, 0.5) is 0 Å². The summed E-state index contributed by atoms with van der Waals surface area (Å²) in [6, 6.07) is 7.81. The minimum Gasteiger partial charge on any atom is -0.340 e. The van der Waals surface area contributed by atoms with E-state index < -0.39 is 0 Å². The highest BCUT2D eigenvalue weighted by molar-refractivity contribution is 6.30. The fraction of sp³-hybridized carbons (Fsp3) is 0.444. The van der Waals surface area contributed by atoms with Crippen molar-refractivity contribution in [1.82, 2.24) is 14.9 Å². The topological polar surface area (TPSA) is 75.0 Å². The zero-order valence-corrected chi connectivity index (χ0v) is 14.2. The Morgan fingerprint density at radius 3 is 2.79 bits per heavy atom. The average Bonchev–Trinajstić information content (AvgIpc) is 3.20. The first-order chi connectivity index (χ1) is 11.6. The molecule has 1 amide bonds. The van der Waals surface area contributed by atoms with E-state index in [1.807, 2.05) is 29.2 Å². The van der Waals surface area contributed by atoms with Gasteiger partial charge in [-0.3, -0.25) is 4.79 Å². The molecule has 1 aliphatic carbocycles. The number of amides is 1. The number of aromatic amines is 1. The molecule has 2 heterocycles. The van der Waals surface area contributed by atoms with Crippen LogP contribution in [0.1, 0.15) is 30.7 Å². The summed E-state index contributed by atoms with van der Waals surface area (Å²) in [5.74, 6) is 1.19. The van der Waals surface area contributed by atoms with Crippen molar-refractivity contribution in [2.75, 3.05) is 6.54 Å². The first-order valence-electron chi connectivity index (χ1n) is 8.48. The van der Waals surface area contributed by atoms with Crippen molar-refractivity contribution in [2.45, 2.75) is 38.3 Å². The van der Waals surface area contributed by atoms with Gasteiger partial charge in [0, 0.05) is 35.5 Å². The molecule has 5 nitrogen and oxygen atoms in total. The second kappa shape index (κ2) is 6.22. The van der Waals surface area contributed by atoms with Gasteiger partial charge in [0.2, 0.25) is 5.91 Å². The molecule has 1 saturated carbocycles. The van der Waals surface area contributed by atoms with Crippen molar-refractivity contribution < 1.29 is 4.79 Å². The van der Waals surface area contributed by atoms with Crippen molar-refractivity contribution in [2.24, 2.45) is 11.7 Å². The number of carbonyl (C=O) groups excluding carboxylic acids is 1. The summed E-state index contributed by atoms with van der Waals surface area (Å²) >= 11 is 5.94. The van der Waals surface area contributed by atoms with E-state index in [4.69, 9.17) is 22.3 Å². The minimum absolute atomic E-state index is 0.0974. The number of fused-ring (bicyclic) bond motifs is 1. The largest absolute Gasteiger partial charge is 0.340 e. The Hall–Kier alpha value is -1.85. The van der Waals surface area contributed by atoms with Crippen LogP contribution in [0.5, 0.6) is 0 Å². The SMILES string of the molecule is N[C@@H]1CC[C@H](C(=O)N2CCc3nc(-c4ccc(Cl)cc4)[nH]c3C2)C1. The van der Waals surface area contributed by atoms with Crippen LogP contribution in [0.2, 0.25) is 5.02 Å². The average molecular weight is 345 g/mol. The molecule has 2 aliphatic rings. The van der Waals surface area contributed by atoms with Crippen LogP contribution < -0.4 is 5.73 Å². The maximum atomic E-state index is 12.7. The molecule has 2 aromatic rings. The molecule has 0 bridgehead atoms. The van der Waals surface area contributed by atoms with Crippen LogP contribution in [-0.2, 0) is 17.8 Å². The highest BCUT2D eigenvalue weighted by atomic mass is 35.5. The molecule has 1 aromatic carbocycles. The molecule has 1 fully saturated rings. The van der Waals surface area contributed by atoms with Crippen molar-refractivity contribution in [3.8, 4) is 11.4 Å². The molecule has 3 N–H and O–H groups in total. The van der Waals surface area contributed by atoms with Gasteiger partial charge in [-0.15, -0.1) is 0 Å². The first kappa shape index (κ1) is 15.7. The summed E-state index contributed by atoms with van der Waals surface area (Å²) in [4.78, 5) is 22.7. The van der Waals surface area contributed by atoms with E-state index >= 15 is 0 Å². The summed E-state index contributed by atoms with van der Waals surface area (Å²) in [5, 5.41) is 0.710. The summed E-state index contributed by atoms with van der Waals surface area (Å²) in [5.41, 5.74) is 9.06. The zero-order chi connectivity index (χ0) is 16.7. The Bertz CT molecular complexity index is 755. The van der Waals surface area contributed by atoms with Gasteiger partial charge < -0.3 is 15.6 Å². The summed E-state index contributed by atoms with van der Waals surface area (Å²) in [7, 11) is 0. The summed E-state index contributed by atoms with van der Waals surface area (Å²) in [6.07, 6.45) is 3.49. The fourth-order valence-electron chi connectivity index (χ4n) is 3.73. The number of aromatic nitrogens is 2. The van der Waals surface area contributed by atoms with Gasteiger partial charge in [-0.1, -0.05) is 11.6 Å². The predicted molar refractivity (Wildman–Crippen MR) is 93.5 cm³/mol. The Labute approximate surface area is 146 Å². The molecule has 1 aliphatic heterocycles. The number of hydrogen-bond acceptors (Lipinski definition) is 3. The molecule has 2 atom stereocenters. The van der Waals surface area contributed by atoms with E-state index in [2.05, 4.69) is 4.98 Å². The Kier molecular flexibility index (Phi) is 4.06. The van der Waals surface area contributed by atoms with E-state index in [-0.39, 0.29) is 17.9 Å². The van der Waals surface area contributed by atoms with Crippen molar-refractivity contribution in [3.05, 3.63) is 40.7 Å². The number of rotatable bonds is 2. The molecule has 24 heavy (non-hydrogen) atoms. The van der Waals surface area contributed by atoms with Gasteiger partial charge in [0.15, 0.2) is 0 Å². The maximum absolute atomic E-state index is 12.7. The summed E-state index contributed by atoms with van der Waals surface area (Å²) in [6.45, 7) is 1.35. The number of H-pyrrole nitrogens is 1. The van der Waals surface area contributed by atoms with Crippen LogP contribution in [0, 0.1) is 5.92 Å². The first-order valence-corrected chi connectivity index (χ1v) is 8.86. The molecule has 0 spiro atoms. The predicted octanol–water partition coefficient (Wildman–Crippen LogP) is 2.74. The molecule has 4 rings (SSSR count). The fourth-order valence-corrected chi connectivity index (χ4v) is 3.85. The Morgan fingerprint density at radius 2 is 2.08 bits per heavy atom. The van der Waals surface area contributed by atoms with Gasteiger partial charge in [-0.2, -0.15) is 0 Å². The molecule has 0 saturated heterocycles. The highest BCUT2D eigenvalue weighted by Gasteiger charge is 2.33. The Morgan fingerprint density at radius 1 is 1.29 bits per heavy atom. The molecular formula is C18H21ClN4O. The normalized spacial score (nSPS) is 23.3. The number of carbonyl (C=O) groups is 1. The minimum atomic E-state index is 0.0974. The van der Waals surface area contributed by atoms with E-state index in [0.29, 0.717) is 11.6 Å². The van der Waals surface area contributed by atoms with Gasteiger partial charge in [-0.25, -0.2) is 4.98 Å². The van der Waals surface area contributed by atoms with E-state index in [0.717, 1.165) is 55.0 Å². The molecule has 126 valence electrons. The van der Waals surface area contributed by atoms with Gasteiger partial charge in [0.05, 0.1) is 17.9 Å². The smallest absolute Gasteiger partial charge is 0.226 e. The zero-order valence-electron chi connectivity index (χ0n) is 13.5. The number of nitrogens with zero attached hydrogens (tertiary/aromatic N) is 2. The quantitative estimate of drug-likeness (QED) is 0.879. The van der Waals surface area contributed by atoms with Crippen LogP contribution >= 0.6 is 11.6 Å². The van der Waals surface area contributed by atoms with Crippen LogP contribution in [-0.4, -0.2) is 33.4 Å².